The van der Waals surface area contributed by atoms with Gasteiger partial charge in [-0.25, -0.2) is 0 Å². The van der Waals surface area contributed by atoms with Crippen LogP contribution in [0.2, 0.25) is 0 Å². The van der Waals surface area contributed by atoms with Crippen LogP contribution in [-0.2, 0) is 28.7 Å². The van der Waals surface area contributed by atoms with Crippen LogP contribution in [0.4, 0.5) is 0 Å². The van der Waals surface area contributed by atoms with Gasteiger partial charge in [-0.15, -0.1) is 0 Å². The van der Waals surface area contributed by atoms with Gasteiger partial charge in [-0.05, 0) is 55.4 Å². The summed E-state index contributed by atoms with van der Waals surface area (Å²) in [5.41, 5.74) is -1.23. The molecule has 2 aliphatic heterocycles. The molecule has 10 heteroatoms. The maximum Gasteiger partial charge on any atom is 0.310 e. The number of piperidine rings is 2. The van der Waals surface area contributed by atoms with Crippen LogP contribution in [0.3, 0.4) is 0 Å². The number of aliphatic carboxylic acids is 2. The lowest BCUT2D eigenvalue weighted by Crippen LogP contribution is -2.60. The highest BCUT2D eigenvalue weighted by Gasteiger charge is 2.44. The van der Waals surface area contributed by atoms with Gasteiger partial charge in [-0.3, -0.25) is 19.2 Å². The molecule has 0 amide bonds. The van der Waals surface area contributed by atoms with Crippen LogP contribution in [0.5, 0.6) is 0 Å². The molecule has 10 nitrogen and oxygen atoms in total. The molecule has 36 heavy (non-hydrogen) atoms. The van der Waals surface area contributed by atoms with Gasteiger partial charge in [0.25, 0.3) is 0 Å². The summed E-state index contributed by atoms with van der Waals surface area (Å²) in [5.74, 6) is -7.56. The summed E-state index contributed by atoms with van der Waals surface area (Å²) in [7, 11) is 0. The molecule has 2 saturated heterocycles. The topological polar surface area (TPSA) is 151 Å². The molecular weight excluding hydrogens is 468 g/mol. The number of hydrogen-bond acceptors (Lipinski definition) is 8. The molecule has 0 bridgehead atoms. The van der Waals surface area contributed by atoms with Crippen molar-refractivity contribution in [2.45, 2.75) is 128 Å². The summed E-state index contributed by atoms with van der Waals surface area (Å²) >= 11 is 0. The lowest BCUT2D eigenvalue weighted by atomic mass is 9.80. The fourth-order valence-corrected chi connectivity index (χ4v) is 6.27. The molecule has 0 aromatic rings. The number of nitrogens with one attached hydrogen (secondary N) is 2. The molecule has 2 atom stereocenters. The van der Waals surface area contributed by atoms with Crippen molar-refractivity contribution in [2.24, 2.45) is 11.8 Å². The van der Waals surface area contributed by atoms with Crippen molar-refractivity contribution < 1.29 is 38.9 Å². The van der Waals surface area contributed by atoms with Gasteiger partial charge < -0.3 is 30.3 Å². The lowest BCUT2D eigenvalue weighted by molar-refractivity contribution is -0.171. The molecule has 206 valence electrons. The third-order valence-corrected chi connectivity index (χ3v) is 6.77. The summed E-state index contributed by atoms with van der Waals surface area (Å²) < 4.78 is 11.4. The first kappa shape index (κ1) is 30.0. The average molecular weight is 513 g/mol. The Morgan fingerprint density at radius 3 is 1.44 bits per heavy atom. The smallest absolute Gasteiger partial charge is 0.310 e. The Balaban J connectivity index is 2.22. The van der Waals surface area contributed by atoms with E-state index in [-0.39, 0.29) is 22.2 Å². The quantitative estimate of drug-likeness (QED) is 0.339. The van der Waals surface area contributed by atoms with E-state index in [0.717, 1.165) is 0 Å². The normalized spacial score (nSPS) is 24.8. The Morgan fingerprint density at radius 2 is 1.08 bits per heavy atom. The Kier molecular flexibility index (Phi) is 8.89. The Hall–Kier alpha value is -2.20. The van der Waals surface area contributed by atoms with E-state index in [4.69, 9.17) is 9.47 Å². The maximum absolute atomic E-state index is 13.3. The summed E-state index contributed by atoms with van der Waals surface area (Å²) in [4.78, 5) is 49.6. The van der Waals surface area contributed by atoms with Crippen molar-refractivity contribution in [3.05, 3.63) is 0 Å². The number of rotatable bonds is 9. The zero-order valence-corrected chi connectivity index (χ0v) is 22.9. The minimum Gasteiger partial charge on any atom is -0.481 e. The minimum atomic E-state index is -1.62. The van der Waals surface area contributed by atoms with Gasteiger partial charge in [0.2, 0.25) is 0 Å². The lowest BCUT2D eigenvalue weighted by Gasteiger charge is -2.46. The average Bonchev–Trinajstić information content (AvgIpc) is 2.58. The second kappa shape index (κ2) is 10.7. The van der Waals surface area contributed by atoms with Crippen molar-refractivity contribution in [2.75, 3.05) is 0 Å². The summed E-state index contributed by atoms with van der Waals surface area (Å²) in [5, 5.41) is 26.0. The number of carbonyl (C=O) groups excluding carboxylic acids is 2. The summed E-state index contributed by atoms with van der Waals surface area (Å²) in [6.45, 7) is 15.9. The molecule has 2 aliphatic rings. The van der Waals surface area contributed by atoms with Crippen LogP contribution in [-0.4, -0.2) is 68.5 Å². The van der Waals surface area contributed by atoms with Crippen LogP contribution in [0.1, 0.15) is 93.9 Å². The third kappa shape index (κ3) is 9.03. The summed E-state index contributed by atoms with van der Waals surface area (Å²) in [6, 6.07) is 0. The van der Waals surface area contributed by atoms with Crippen molar-refractivity contribution in [1.29, 1.82) is 0 Å². The van der Waals surface area contributed by atoms with Gasteiger partial charge in [-0.2, -0.15) is 0 Å². The van der Waals surface area contributed by atoms with Crippen LogP contribution in [0.25, 0.3) is 0 Å². The van der Waals surface area contributed by atoms with Crippen LogP contribution < -0.4 is 10.6 Å². The number of carboxylic acids is 2. The van der Waals surface area contributed by atoms with E-state index < -0.39 is 60.8 Å². The van der Waals surface area contributed by atoms with Crippen molar-refractivity contribution in [3.8, 4) is 0 Å². The minimum absolute atomic E-state index is 0.285. The van der Waals surface area contributed by atoms with Gasteiger partial charge in [0.05, 0.1) is 24.7 Å². The molecule has 0 radical (unpaired) electrons. The highest BCUT2D eigenvalue weighted by Crippen LogP contribution is 2.34. The first-order valence-corrected chi connectivity index (χ1v) is 12.6. The molecule has 0 aromatic carbocycles. The number of hydrogen-bond donors (Lipinski definition) is 4. The largest absolute Gasteiger partial charge is 0.481 e. The van der Waals surface area contributed by atoms with E-state index in [1.807, 2.05) is 55.4 Å². The summed E-state index contributed by atoms with van der Waals surface area (Å²) in [6.07, 6.45) is -0.210. The molecule has 2 unspecified atom stereocenters. The number of esters is 2. The molecule has 2 heterocycles. The van der Waals surface area contributed by atoms with E-state index in [0.29, 0.717) is 25.7 Å². The fraction of sp³-hybridized carbons (Fsp3) is 0.846. The highest BCUT2D eigenvalue weighted by molar-refractivity contribution is 5.87. The Bertz CT molecular complexity index is 832. The standard InChI is InChI=1S/C26H44N2O8/c1-23(2)11-15(12-24(3,4)27-23)35-20(31)10-18(17(21(32)33)9-19(29)30)22(34)36-16-13-25(5,6)28-26(7,8)14-16/h15-18,27-28H,9-14H2,1-8H3,(H,29,30)(H,32,33). The van der Waals surface area contributed by atoms with Gasteiger partial charge in [-0.1, -0.05) is 0 Å². The molecule has 0 aliphatic carbocycles. The van der Waals surface area contributed by atoms with E-state index in [9.17, 15) is 29.4 Å². The van der Waals surface area contributed by atoms with Crippen molar-refractivity contribution in [3.63, 3.8) is 0 Å². The van der Waals surface area contributed by atoms with Gasteiger partial charge in [0, 0.05) is 47.8 Å². The fourth-order valence-electron chi connectivity index (χ4n) is 6.27. The van der Waals surface area contributed by atoms with Gasteiger partial charge in [0.1, 0.15) is 12.2 Å². The zero-order valence-electron chi connectivity index (χ0n) is 22.9. The van der Waals surface area contributed by atoms with E-state index >= 15 is 0 Å². The molecule has 2 fully saturated rings. The molecular formula is C26H44N2O8. The van der Waals surface area contributed by atoms with Gasteiger partial charge in [0.15, 0.2) is 0 Å². The van der Waals surface area contributed by atoms with Crippen LogP contribution >= 0.6 is 0 Å². The number of carbonyl (C=O) groups is 4. The predicted octanol–water partition coefficient (Wildman–Crippen LogP) is 2.87. The van der Waals surface area contributed by atoms with E-state index in [1.54, 1.807) is 0 Å². The Labute approximate surface area is 213 Å². The first-order valence-electron chi connectivity index (χ1n) is 12.6. The van der Waals surface area contributed by atoms with Crippen molar-refractivity contribution in [1.82, 2.24) is 10.6 Å². The molecule has 0 saturated carbocycles. The van der Waals surface area contributed by atoms with Crippen LogP contribution in [0.15, 0.2) is 0 Å². The number of carboxylic acid groups (broad SMARTS) is 2. The Morgan fingerprint density at radius 1 is 0.694 bits per heavy atom. The van der Waals surface area contributed by atoms with Crippen LogP contribution in [0, 0.1) is 11.8 Å². The van der Waals surface area contributed by atoms with Gasteiger partial charge >= 0.3 is 23.9 Å². The second-order valence-electron chi connectivity index (χ2n) is 13.1. The first-order chi connectivity index (χ1) is 16.2. The molecule has 4 N–H and O–H groups in total. The highest BCUT2D eigenvalue weighted by atomic mass is 16.6. The van der Waals surface area contributed by atoms with Crippen molar-refractivity contribution >= 4 is 23.9 Å². The second-order valence-corrected chi connectivity index (χ2v) is 13.1. The zero-order chi connectivity index (χ0) is 27.7. The SMILES string of the molecule is CC1(C)CC(OC(=O)CC(C(=O)OC2CC(C)(C)NC(C)(C)C2)C(CC(=O)O)C(=O)O)CC(C)(C)N1. The van der Waals surface area contributed by atoms with E-state index in [1.165, 1.54) is 0 Å². The molecule has 0 aromatic heterocycles. The molecule has 0 spiro atoms. The third-order valence-electron chi connectivity index (χ3n) is 6.77. The number of ether oxygens (including phenoxy) is 2. The molecule has 2 rings (SSSR count). The monoisotopic (exact) mass is 512 g/mol. The van der Waals surface area contributed by atoms with E-state index in [2.05, 4.69) is 10.6 Å². The predicted molar refractivity (Wildman–Crippen MR) is 132 cm³/mol. The maximum atomic E-state index is 13.3.